The highest BCUT2D eigenvalue weighted by molar-refractivity contribution is 6.30. The molecule has 0 spiro atoms. The molecule has 1 fully saturated rings. The van der Waals surface area contributed by atoms with Gasteiger partial charge >= 0.3 is 0 Å². The zero-order valence-electron chi connectivity index (χ0n) is 12.4. The smallest absolute Gasteiger partial charge is 0.232 e. The molecule has 0 bridgehead atoms. The van der Waals surface area contributed by atoms with Crippen LogP contribution in [0.1, 0.15) is 32.6 Å². The number of hydrogen-bond donors (Lipinski definition) is 1. The zero-order chi connectivity index (χ0) is 14.9. The number of halogens is 1. The van der Waals surface area contributed by atoms with Gasteiger partial charge in [0.15, 0.2) is 0 Å². The maximum Gasteiger partial charge on any atom is 0.232 e. The van der Waals surface area contributed by atoms with Crippen molar-refractivity contribution in [3.8, 4) is 11.4 Å². The van der Waals surface area contributed by atoms with Gasteiger partial charge in [-0.15, -0.1) is 0 Å². The molecule has 0 amide bonds. The summed E-state index contributed by atoms with van der Waals surface area (Å²) in [6.07, 6.45) is 2.39. The van der Waals surface area contributed by atoms with Crippen molar-refractivity contribution in [3.63, 3.8) is 0 Å². The summed E-state index contributed by atoms with van der Waals surface area (Å²) < 4.78 is 5.55. The highest BCUT2D eigenvalue weighted by Gasteiger charge is 2.37. The number of hydrogen-bond acceptors (Lipinski definition) is 4. The molecule has 0 saturated carbocycles. The Labute approximate surface area is 129 Å². The van der Waals surface area contributed by atoms with E-state index in [0.29, 0.717) is 22.7 Å². The van der Waals surface area contributed by atoms with E-state index in [9.17, 15) is 0 Å². The van der Waals surface area contributed by atoms with Crippen LogP contribution in [0.2, 0.25) is 5.02 Å². The van der Waals surface area contributed by atoms with Crippen LogP contribution in [0.25, 0.3) is 11.4 Å². The predicted molar refractivity (Wildman–Crippen MR) is 83.4 cm³/mol. The first-order chi connectivity index (χ1) is 10.1. The fourth-order valence-corrected chi connectivity index (χ4v) is 2.97. The number of aromatic nitrogens is 2. The maximum atomic E-state index is 5.91. The van der Waals surface area contributed by atoms with Crippen molar-refractivity contribution in [2.45, 2.75) is 32.1 Å². The number of nitrogens with zero attached hydrogens (tertiary/aromatic N) is 2. The highest BCUT2D eigenvalue weighted by atomic mass is 35.5. The van der Waals surface area contributed by atoms with Gasteiger partial charge < -0.3 is 9.84 Å². The molecule has 3 rings (SSSR count). The Hall–Kier alpha value is -1.39. The minimum atomic E-state index is -0.120. The molecule has 1 aliphatic heterocycles. The molecule has 1 aromatic heterocycles. The first-order valence-electron chi connectivity index (χ1n) is 7.38. The van der Waals surface area contributed by atoms with Gasteiger partial charge in [0.1, 0.15) is 0 Å². The topological polar surface area (TPSA) is 51.0 Å². The van der Waals surface area contributed by atoms with Crippen LogP contribution < -0.4 is 5.32 Å². The summed E-state index contributed by atoms with van der Waals surface area (Å²) in [7, 11) is 0. The van der Waals surface area contributed by atoms with Gasteiger partial charge in [-0.2, -0.15) is 4.98 Å². The molecular weight excluding hydrogens is 286 g/mol. The lowest BCUT2D eigenvalue weighted by molar-refractivity contribution is 0.196. The Bertz CT molecular complexity index is 600. The maximum absolute atomic E-state index is 5.91. The third kappa shape index (κ3) is 2.97. The van der Waals surface area contributed by atoms with Crippen molar-refractivity contribution in [1.82, 2.24) is 15.5 Å². The largest absolute Gasteiger partial charge is 0.338 e. The van der Waals surface area contributed by atoms with Crippen LogP contribution >= 0.6 is 11.6 Å². The fourth-order valence-electron chi connectivity index (χ4n) is 2.84. The van der Waals surface area contributed by atoms with Gasteiger partial charge in [0.25, 0.3) is 0 Å². The van der Waals surface area contributed by atoms with Gasteiger partial charge in [-0.3, -0.25) is 0 Å². The molecule has 1 saturated heterocycles. The van der Waals surface area contributed by atoms with E-state index in [4.69, 9.17) is 16.1 Å². The first-order valence-corrected chi connectivity index (χ1v) is 7.76. The second-order valence-corrected chi connectivity index (χ2v) is 6.63. The van der Waals surface area contributed by atoms with Crippen LogP contribution in [0.3, 0.4) is 0 Å². The Morgan fingerprint density at radius 2 is 2.05 bits per heavy atom. The van der Waals surface area contributed by atoms with E-state index in [1.807, 2.05) is 24.3 Å². The third-order valence-corrected chi connectivity index (χ3v) is 4.65. The summed E-state index contributed by atoms with van der Waals surface area (Å²) in [4.78, 5) is 4.61. The van der Waals surface area contributed by atoms with E-state index in [2.05, 4.69) is 29.3 Å². The molecule has 0 aliphatic carbocycles. The molecule has 1 aliphatic rings. The van der Waals surface area contributed by atoms with Gasteiger partial charge in [-0.25, -0.2) is 0 Å². The van der Waals surface area contributed by atoms with Gasteiger partial charge in [0.2, 0.25) is 11.7 Å². The lowest BCUT2D eigenvalue weighted by Crippen LogP contribution is -2.40. The van der Waals surface area contributed by atoms with Crippen LogP contribution in [-0.2, 0) is 5.41 Å². The molecule has 1 aromatic carbocycles. The molecule has 21 heavy (non-hydrogen) atoms. The lowest BCUT2D eigenvalue weighted by atomic mass is 9.75. The fraction of sp³-hybridized carbons (Fsp3) is 0.500. The number of nitrogens with one attached hydrogen (secondary N) is 1. The molecule has 1 N–H and O–H groups in total. The standard InChI is InChI=1S/C16H20ClN3O/c1-16(2,12-4-3-9-18-10-12)15-19-14(20-21-15)11-5-7-13(17)8-6-11/h5-8,12,18H,3-4,9-10H2,1-2H3. The van der Waals surface area contributed by atoms with E-state index in [1.54, 1.807) is 0 Å². The van der Waals surface area contributed by atoms with Gasteiger partial charge in [0.05, 0.1) is 0 Å². The van der Waals surface area contributed by atoms with E-state index in [1.165, 1.54) is 12.8 Å². The quantitative estimate of drug-likeness (QED) is 0.940. The minimum Gasteiger partial charge on any atom is -0.338 e. The van der Waals surface area contributed by atoms with Crippen molar-refractivity contribution in [3.05, 3.63) is 35.2 Å². The Morgan fingerprint density at radius 1 is 1.29 bits per heavy atom. The zero-order valence-corrected chi connectivity index (χ0v) is 13.2. The second kappa shape index (κ2) is 5.78. The Morgan fingerprint density at radius 3 is 2.71 bits per heavy atom. The summed E-state index contributed by atoms with van der Waals surface area (Å²) in [5.41, 5.74) is 0.803. The first kappa shape index (κ1) is 14.5. The SMILES string of the molecule is CC(C)(c1nc(-c2ccc(Cl)cc2)no1)C1CCCNC1. The van der Waals surface area contributed by atoms with Crippen molar-refractivity contribution < 1.29 is 4.52 Å². The molecule has 5 heteroatoms. The average Bonchev–Trinajstić information content (AvgIpc) is 2.99. The summed E-state index contributed by atoms with van der Waals surface area (Å²) in [6.45, 7) is 6.48. The van der Waals surface area contributed by atoms with Crippen LogP contribution in [-0.4, -0.2) is 23.2 Å². The van der Waals surface area contributed by atoms with Crippen LogP contribution in [0.15, 0.2) is 28.8 Å². The van der Waals surface area contributed by atoms with Gasteiger partial charge in [-0.1, -0.05) is 30.6 Å². The average molecular weight is 306 g/mol. The van der Waals surface area contributed by atoms with Crippen molar-refractivity contribution in [1.29, 1.82) is 0 Å². The molecule has 4 nitrogen and oxygen atoms in total. The Kier molecular flexibility index (Phi) is 4.00. The van der Waals surface area contributed by atoms with E-state index < -0.39 is 0 Å². The van der Waals surface area contributed by atoms with Gasteiger partial charge in [0, 0.05) is 16.0 Å². The summed E-state index contributed by atoms with van der Waals surface area (Å²) in [5, 5.41) is 8.28. The molecule has 2 heterocycles. The lowest BCUT2D eigenvalue weighted by Gasteiger charge is -2.34. The minimum absolute atomic E-state index is 0.120. The Balaban J connectivity index is 1.84. The summed E-state index contributed by atoms with van der Waals surface area (Å²) >= 11 is 5.91. The summed E-state index contributed by atoms with van der Waals surface area (Å²) in [5.74, 6) is 1.85. The number of rotatable bonds is 3. The van der Waals surface area contributed by atoms with Crippen LogP contribution in [0, 0.1) is 5.92 Å². The molecule has 1 atom stereocenters. The molecule has 2 aromatic rings. The number of piperidine rings is 1. The van der Waals surface area contributed by atoms with Crippen LogP contribution in [0.5, 0.6) is 0 Å². The third-order valence-electron chi connectivity index (χ3n) is 4.40. The molecule has 112 valence electrons. The predicted octanol–water partition coefficient (Wildman–Crippen LogP) is 3.67. The molecule has 1 unspecified atom stereocenters. The monoisotopic (exact) mass is 305 g/mol. The van der Waals surface area contributed by atoms with Crippen molar-refractivity contribution in [2.75, 3.05) is 13.1 Å². The molecule has 0 radical (unpaired) electrons. The molecular formula is C16H20ClN3O. The number of benzene rings is 1. The summed E-state index contributed by atoms with van der Waals surface area (Å²) in [6, 6.07) is 7.49. The van der Waals surface area contributed by atoms with Crippen molar-refractivity contribution in [2.24, 2.45) is 5.92 Å². The van der Waals surface area contributed by atoms with E-state index in [0.717, 1.165) is 18.7 Å². The van der Waals surface area contributed by atoms with Gasteiger partial charge in [-0.05, 0) is 56.1 Å². The van der Waals surface area contributed by atoms with E-state index in [-0.39, 0.29) is 5.41 Å². The normalized spacial score (nSPS) is 19.7. The van der Waals surface area contributed by atoms with Crippen molar-refractivity contribution >= 4 is 11.6 Å². The highest BCUT2D eigenvalue weighted by Crippen LogP contribution is 2.35. The second-order valence-electron chi connectivity index (χ2n) is 6.19. The van der Waals surface area contributed by atoms with E-state index >= 15 is 0 Å². The van der Waals surface area contributed by atoms with Crippen LogP contribution in [0.4, 0.5) is 0 Å².